The zero-order chi connectivity index (χ0) is 14.7. The summed E-state index contributed by atoms with van der Waals surface area (Å²) in [5, 5.41) is 0. The Bertz CT molecular complexity index is 620. The Kier molecular flexibility index (Phi) is 4.53. The number of nitrogen functional groups attached to an aromatic ring is 1. The van der Waals surface area contributed by atoms with Crippen LogP contribution in [-0.2, 0) is 11.3 Å². The fraction of sp³-hybridized carbons (Fsp3) is 0.312. The standard InChI is InChI=1S/C16H18BrN3O/c17-14-3-1-2-13(9-14)15-11-20(6-7-21-15)10-12-4-5-19-16(18)8-12/h1-5,8-9,15H,6-7,10-11H2,(H2,18,19)/t15-/m1/s1. The topological polar surface area (TPSA) is 51.4 Å². The molecule has 21 heavy (non-hydrogen) atoms. The van der Waals surface area contributed by atoms with Crippen molar-refractivity contribution in [2.75, 3.05) is 25.4 Å². The van der Waals surface area contributed by atoms with E-state index in [2.05, 4.69) is 37.9 Å². The number of anilines is 1. The van der Waals surface area contributed by atoms with Crippen LogP contribution in [0.15, 0.2) is 47.1 Å². The average molecular weight is 348 g/mol. The minimum atomic E-state index is 0.121. The highest BCUT2D eigenvalue weighted by atomic mass is 79.9. The summed E-state index contributed by atoms with van der Waals surface area (Å²) >= 11 is 3.52. The highest BCUT2D eigenvalue weighted by molar-refractivity contribution is 9.10. The number of hydrogen-bond acceptors (Lipinski definition) is 4. The van der Waals surface area contributed by atoms with Gasteiger partial charge >= 0.3 is 0 Å². The molecule has 1 saturated heterocycles. The second-order valence-corrected chi connectivity index (χ2v) is 6.15. The van der Waals surface area contributed by atoms with Gasteiger partial charge in [-0.15, -0.1) is 0 Å². The Morgan fingerprint density at radius 2 is 2.24 bits per heavy atom. The zero-order valence-electron chi connectivity index (χ0n) is 11.7. The van der Waals surface area contributed by atoms with Gasteiger partial charge in [-0.25, -0.2) is 4.98 Å². The van der Waals surface area contributed by atoms with Gasteiger partial charge in [0.2, 0.25) is 0 Å². The summed E-state index contributed by atoms with van der Waals surface area (Å²) in [6, 6.07) is 12.3. The first-order valence-electron chi connectivity index (χ1n) is 7.00. The van der Waals surface area contributed by atoms with Gasteiger partial charge in [0, 0.05) is 30.3 Å². The molecule has 1 aromatic heterocycles. The van der Waals surface area contributed by atoms with Crippen molar-refractivity contribution in [2.45, 2.75) is 12.6 Å². The third-order valence-electron chi connectivity index (χ3n) is 3.62. The van der Waals surface area contributed by atoms with Crippen molar-refractivity contribution in [2.24, 2.45) is 0 Å². The summed E-state index contributed by atoms with van der Waals surface area (Å²) in [7, 11) is 0. The number of nitrogens with zero attached hydrogens (tertiary/aromatic N) is 2. The lowest BCUT2D eigenvalue weighted by molar-refractivity contribution is -0.0329. The Morgan fingerprint density at radius 3 is 3.05 bits per heavy atom. The molecule has 1 aliphatic rings. The molecule has 5 heteroatoms. The number of halogens is 1. The van der Waals surface area contributed by atoms with E-state index in [-0.39, 0.29) is 6.10 Å². The van der Waals surface area contributed by atoms with Crippen molar-refractivity contribution in [3.05, 3.63) is 58.2 Å². The van der Waals surface area contributed by atoms with E-state index in [4.69, 9.17) is 10.5 Å². The van der Waals surface area contributed by atoms with Gasteiger partial charge in [-0.05, 0) is 35.4 Å². The highest BCUT2D eigenvalue weighted by Crippen LogP contribution is 2.25. The number of hydrogen-bond donors (Lipinski definition) is 1. The second-order valence-electron chi connectivity index (χ2n) is 5.24. The van der Waals surface area contributed by atoms with E-state index in [0.29, 0.717) is 5.82 Å². The van der Waals surface area contributed by atoms with Crippen LogP contribution in [0.1, 0.15) is 17.2 Å². The molecular weight excluding hydrogens is 330 g/mol. The molecule has 4 nitrogen and oxygen atoms in total. The fourth-order valence-electron chi connectivity index (χ4n) is 2.61. The van der Waals surface area contributed by atoms with Crippen LogP contribution in [-0.4, -0.2) is 29.6 Å². The summed E-state index contributed by atoms with van der Waals surface area (Å²) in [6.07, 6.45) is 1.88. The number of nitrogens with two attached hydrogens (primary N) is 1. The van der Waals surface area contributed by atoms with Gasteiger partial charge in [0.05, 0.1) is 12.7 Å². The van der Waals surface area contributed by atoms with E-state index in [0.717, 1.165) is 30.7 Å². The Balaban J connectivity index is 1.68. The molecule has 0 saturated carbocycles. The van der Waals surface area contributed by atoms with Gasteiger partial charge in [-0.2, -0.15) is 0 Å². The molecule has 2 heterocycles. The number of rotatable bonds is 3. The lowest BCUT2D eigenvalue weighted by Gasteiger charge is -2.33. The first kappa shape index (κ1) is 14.5. The van der Waals surface area contributed by atoms with Gasteiger partial charge in [0.25, 0.3) is 0 Å². The number of benzene rings is 1. The quantitative estimate of drug-likeness (QED) is 0.927. The Hall–Kier alpha value is -1.43. The zero-order valence-corrected chi connectivity index (χ0v) is 13.3. The Morgan fingerprint density at radius 1 is 1.33 bits per heavy atom. The predicted octanol–water partition coefficient (Wildman–Crippen LogP) is 3.00. The monoisotopic (exact) mass is 347 g/mol. The van der Waals surface area contributed by atoms with Crippen LogP contribution in [0, 0.1) is 0 Å². The van der Waals surface area contributed by atoms with E-state index in [1.54, 1.807) is 6.20 Å². The van der Waals surface area contributed by atoms with E-state index in [1.807, 2.05) is 24.3 Å². The maximum atomic E-state index is 5.91. The van der Waals surface area contributed by atoms with Crippen molar-refractivity contribution in [1.82, 2.24) is 9.88 Å². The van der Waals surface area contributed by atoms with Crippen LogP contribution in [0.25, 0.3) is 0 Å². The van der Waals surface area contributed by atoms with E-state index in [1.165, 1.54) is 11.1 Å². The lowest BCUT2D eigenvalue weighted by Crippen LogP contribution is -2.37. The van der Waals surface area contributed by atoms with E-state index >= 15 is 0 Å². The molecule has 3 rings (SSSR count). The molecule has 110 valence electrons. The normalized spacial score (nSPS) is 19.6. The summed E-state index contributed by atoms with van der Waals surface area (Å²) in [4.78, 5) is 6.43. The van der Waals surface area contributed by atoms with Crippen LogP contribution < -0.4 is 5.73 Å². The third-order valence-corrected chi connectivity index (χ3v) is 4.12. The number of pyridine rings is 1. The third kappa shape index (κ3) is 3.81. The molecule has 0 amide bonds. The van der Waals surface area contributed by atoms with Crippen molar-refractivity contribution in [3.63, 3.8) is 0 Å². The minimum Gasteiger partial charge on any atom is -0.384 e. The molecule has 1 fully saturated rings. The van der Waals surface area contributed by atoms with Gasteiger partial charge in [-0.3, -0.25) is 4.90 Å². The molecular formula is C16H18BrN3O. The Labute approximate surface area is 133 Å². The average Bonchev–Trinajstić information content (AvgIpc) is 2.47. The summed E-state index contributed by atoms with van der Waals surface area (Å²) < 4.78 is 7.00. The first-order valence-corrected chi connectivity index (χ1v) is 7.80. The predicted molar refractivity (Wildman–Crippen MR) is 86.8 cm³/mol. The molecule has 0 spiro atoms. The van der Waals surface area contributed by atoms with Crippen molar-refractivity contribution >= 4 is 21.7 Å². The summed E-state index contributed by atoms with van der Waals surface area (Å²) in [6.45, 7) is 3.45. The maximum absolute atomic E-state index is 5.91. The van der Waals surface area contributed by atoms with Crippen LogP contribution >= 0.6 is 15.9 Å². The molecule has 0 aliphatic carbocycles. The minimum absolute atomic E-state index is 0.121. The SMILES string of the molecule is Nc1cc(CN2CCO[C@@H](c3cccc(Br)c3)C2)ccn1. The van der Waals surface area contributed by atoms with E-state index in [9.17, 15) is 0 Å². The molecule has 2 N–H and O–H groups in total. The van der Waals surface area contributed by atoms with Crippen molar-refractivity contribution in [3.8, 4) is 0 Å². The smallest absolute Gasteiger partial charge is 0.123 e. The molecule has 1 aromatic carbocycles. The molecule has 0 unspecified atom stereocenters. The van der Waals surface area contributed by atoms with Crippen molar-refractivity contribution < 1.29 is 4.74 Å². The molecule has 0 radical (unpaired) electrons. The maximum Gasteiger partial charge on any atom is 0.123 e. The molecule has 2 aromatic rings. The van der Waals surface area contributed by atoms with Crippen LogP contribution in [0.4, 0.5) is 5.82 Å². The second kappa shape index (κ2) is 6.56. The number of morpholine rings is 1. The van der Waals surface area contributed by atoms with Gasteiger partial charge in [-0.1, -0.05) is 28.1 Å². The lowest BCUT2D eigenvalue weighted by atomic mass is 10.1. The summed E-state index contributed by atoms with van der Waals surface area (Å²) in [5.41, 5.74) is 8.14. The largest absolute Gasteiger partial charge is 0.384 e. The first-order chi connectivity index (χ1) is 10.2. The number of ether oxygens (including phenoxy) is 1. The number of aromatic nitrogens is 1. The van der Waals surface area contributed by atoms with Crippen LogP contribution in [0.2, 0.25) is 0 Å². The summed E-state index contributed by atoms with van der Waals surface area (Å²) in [5.74, 6) is 0.573. The fourth-order valence-corrected chi connectivity index (χ4v) is 3.02. The van der Waals surface area contributed by atoms with E-state index < -0.39 is 0 Å². The molecule has 1 atom stereocenters. The molecule has 1 aliphatic heterocycles. The van der Waals surface area contributed by atoms with Gasteiger partial charge in [0.15, 0.2) is 0 Å². The van der Waals surface area contributed by atoms with Gasteiger partial charge < -0.3 is 10.5 Å². The van der Waals surface area contributed by atoms with Gasteiger partial charge in [0.1, 0.15) is 5.82 Å². The van der Waals surface area contributed by atoms with Crippen LogP contribution in [0.5, 0.6) is 0 Å². The molecule has 0 bridgehead atoms. The highest BCUT2D eigenvalue weighted by Gasteiger charge is 2.22. The van der Waals surface area contributed by atoms with Crippen molar-refractivity contribution in [1.29, 1.82) is 0 Å². The van der Waals surface area contributed by atoms with Crippen LogP contribution in [0.3, 0.4) is 0 Å².